The number of nitrogens with one attached hydrogen (secondary N) is 1. The molecule has 0 saturated carbocycles. The van der Waals surface area contributed by atoms with Gasteiger partial charge in [0.05, 0.1) is 18.4 Å². The molecule has 2 aromatic carbocycles. The fourth-order valence-electron chi connectivity index (χ4n) is 2.90. The van der Waals surface area contributed by atoms with E-state index in [2.05, 4.69) is 10.4 Å². The third-order valence-electron chi connectivity index (χ3n) is 4.19. The van der Waals surface area contributed by atoms with Gasteiger partial charge in [0.25, 0.3) is 5.91 Å². The fourth-order valence-corrected chi connectivity index (χ4v) is 2.90. The molecule has 26 heavy (non-hydrogen) atoms. The number of para-hydroxylation sites is 2. The summed E-state index contributed by atoms with van der Waals surface area (Å²) in [6, 6.07) is 17.4. The highest BCUT2D eigenvalue weighted by molar-refractivity contribution is 5.94. The number of carbonyl (C=O) groups excluding carboxylic acids is 1. The molecule has 0 aliphatic carbocycles. The van der Waals surface area contributed by atoms with Crippen LogP contribution in [0.2, 0.25) is 0 Å². The third-order valence-corrected chi connectivity index (χ3v) is 4.19. The lowest BCUT2D eigenvalue weighted by Crippen LogP contribution is -2.46. The minimum atomic E-state index is -0.720. The summed E-state index contributed by atoms with van der Waals surface area (Å²) in [5.41, 5.74) is 1.77. The normalized spacial score (nSPS) is 18.3. The number of amides is 1. The van der Waals surface area contributed by atoms with Crippen molar-refractivity contribution in [2.24, 2.45) is 0 Å². The van der Waals surface area contributed by atoms with Crippen LogP contribution >= 0.6 is 0 Å². The Labute approximate surface area is 151 Å². The monoisotopic (exact) mass is 349 g/mol. The van der Waals surface area contributed by atoms with Gasteiger partial charge in [0.15, 0.2) is 11.5 Å². The van der Waals surface area contributed by atoms with Crippen molar-refractivity contribution in [2.75, 3.05) is 5.32 Å². The highest BCUT2D eigenvalue weighted by Gasteiger charge is 2.34. The van der Waals surface area contributed by atoms with Gasteiger partial charge >= 0.3 is 0 Å². The number of carbonyl (C=O) groups is 1. The van der Waals surface area contributed by atoms with Crippen LogP contribution in [0.15, 0.2) is 67.0 Å². The molecule has 0 saturated heterocycles. The smallest absolute Gasteiger partial charge is 0.269 e. The van der Waals surface area contributed by atoms with Crippen molar-refractivity contribution in [3.63, 3.8) is 0 Å². The van der Waals surface area contributed by atoms with Gasteiger partial charge in [0.2, 0.25) is 6.10 Å². The number of rotatable bonds is 4. The van der Waals surface area contributed by atoms with E-state index in [1.54, 1.807) is 23.1 Å². The van der Waals surface area contributed by atoms with Crippen molar-refractivity contribution in [1.29, 1.82) is 0 Å². The van der Waals surface area contributed by atoms with E-state index < -0.39 is 6.10 Å². The first-order valence-electron chi connectivity index (χ1n) is 8.48. The van der Waals surface area contributed by atoms with Crippen LogP contribution in [0.1, 0.15) is 12.5 Å². The van der Waals surface area contributed by atoms with Gasteiger partial charge in [-0.15, -0.1) is 0 Å². The van der Waals surface area contributed by atoms with Crippen LogP contribution in [0.5, 0.6) is 11.5 Å². The molecule has 1 amide bonds. The van der Waals surface area contributed by atoms with Gasteiger partial charge < -0.3 is 14.8 Å². The molecule has 132 valence electrons. The lowest BCUT2D eigenvalue weighted by Gasteiger charge is -2.30. The Morgan fingerprint density at radius 3 is 2.54 bits per heavy atom. The highest BCUT2D eigenvalue weighted by Crippen LogP contribution is 2.33. The van der Waals surface area contributed by atoms with Crippen molar-refractivity contribution in [3.8, 4) is 11.5 Å². The number of benzene rings is 2. The molecular weight excluding hydrogens is 330 g/mol. The quantitative estimate of drug-likeness (QED) is 0.786. The van der Waals surface area contributed by atoms with E-state index in [9.17, 15) is 4.79 Å². The minimum absolute atomic E-state index is 0.258. The maximum Gasteiger partial charge on any atom is 0.269 e. The van der Waals surface area contributed by atoms with E-state index in [0.717, 1.165) is 5.56 Å². The van der Waals surface area contributed by atoms with Crippen LogP contribution in [0.25, 0.3) is 0 Å². The summed E-state index contributed by atoms with van der Waals surface area (Å²) in [5.74, 6) is 0.969. The average Bonchev–Trinajstić information content (AvgIpc) is 3.08. The van der Waals surface area contributed by atoms with Crippen LogP contribution in [-0.4, -0.2) is 27.9 Å². The number of hydrogen-bond acceptors (Lipinski definition) is 4. The van der Waals surface area contributed by atoms with E-state index in [-0.39, 0.29) is 12.0 Å². The van der Waals surface area contributed by atoms with E-state index in [0.29, 0.717) is 23.7 Å². The Balaban J connectivity index is 1.42. The second kappa shape index (κ2) is 6.92. The molecule has 0 fully saturated rings. The molecule has 0 spiro atoms. The Morgan fingerprint density at radius 1 is 1.08 bits per heavy atom. The highest BCUT2D eigenvalue weighted by atomic mass is 16.6. The first-order valence-corrected chi connectivity index (χ1v) is 8.48. The first kappa shape index (κ1) is 16.2. The van der Waals surface area contributed by atoms with E-state index in [1.165, 1.54) is 0 Å². The molecule has 1 aromatic heterocycles. The van der Waals surface area contributed by atoms with Crippen LogP contribution in [0, 0.1) is 0 Å². The lowest BCUT2D eigenvalue weighted by atomic mass is 10.1. The first-order chi connectivity index (χ1) is 12.7. The molecule has 3 aromatic rings. The molecule has 1 aliphatic rings. The summed E-state index contributed by atoms with van der Waals surface area (Å²) in [5, 5.41) is 7.15. The van der Waals surface area contributed by atoms with Crippen molar-refractivity contribution in [1.82, 2.24) is 9.78 Å². The predicted molar refractivity (Wildman–Crippen MR) is 97.3 cm³/mol. The molecule has 0 bridgehead atoms. The largest absolute Gasteiger partial charge is 0.482 e. The van der Waals surface area contributed by atoms with Crippen LogP contribution in [0.4, 0.5) is 5.69 Å². The minimum Gasteiger partial charge on any atom is -0.482 e. The zero-order chi connectivity index (χ0) is 17.9. The number of nitrogens with zero attached hydrogens (tertiary/aromatic N) is 2. The number of anilines is 1. The van der Waals surface area contributed by atoms with E-state index in [4.69, 9.17) is 9.47 Å². The average molecular weight is 349 g/mol. The van der Waals surface area contributed by atoms with Gasteiger partial charge in [-0.1, -0.05) is 42.5 Å². The molecule has 6 nitrogen and oxygen atoms in total. The number of ether oxygens (including phenoxy) is 2. The van der Waals surface area contributed by atoms with Gasteiger partial charge in [-0.3, -0.25) is 9.48 Å². The molecule has 1 N–H and O–H groups in total. The van der Waals surface area contributed by atoms with Crippen LogP contribution < -0.4 is 14.8 Å². The van der Waals surface area contributed by atoms with Gasteiger partial charge in [0.1, 0.15) is 6.10 Å². The molecule has 2 atom stereocenters. The van der Waals surface area contributed by atoms with Crippen LogP contribution in [-0.2, 0) is 11.3 Å². The SMILES string of the molecule is C[C@H]1Oc2ccccc2O[C@@H]1C(=O)Nc1cnn(Cc2ccccc2)c1. The third kappa shape index (κ3) is 3.39. The van der Waals surface area contributed by atoms with Gasteiger partial charge in [-0.2, -0.15) is 5.10 Å². The molecule has 1 aliphatic heterocycles. The standard InChI is InChI=1S/C20H19N3O3/c1-14-19(26-18-10-6-5-9-17(18)25-14)20(24)22-16-11-21-23(13-16)12-15-7-3-2-4-8-15/h2-11,13-14,19H,12H2,1H3,(H,22,24)/t14-,19+/m1/s1. The zero-order valence-corrected chi connectivity index (χ0v) is 14.3. The maximum absolute atomic E-state index is 12.6. The summed E-state index contributed by atoms with van der Waals surface area (Å²) >= 11 is 0. The second-order valence-corrected chi connectivity index (χ2v) is 6.21. The Bertz CT molecular complexity index is 907. The van der Waals surface area contributed by atoms with Crippen molar-refractivity contribution in [2.45, 2.75) is 25.7 Å². The van der Waals surface area contributed by atoms with Gasteiger partial charge in [-0.05, 0) is 24.6 Å². The van der Waals surface area contributed by atoms with Crippen molar-refractivity contribution >= 4 is 11.6 Å². The Morgan fingerprint density at radius 2 is 1.77 bits per heavy atom. The Kier molecular flexibility index (Phi) is 4.31. The topological polar surface area (TPSA) is 65.4 Å². The maximum atomic E-state index is 12.6. The van der Waals surface area contributed by atoms with E-state index >= 15 is 0 Å². The van der Waals surface area contributed by atoms with Crippen molar-refractivity contribution < 1.29 is 14.3 Å². The lowest BCUT2D eigenvalue weighted by molar-refractivity contribution is -0.128. The molecule has 0 radical (unpaired) electrons. The summed E-state index contributed by atoms with van der Waals surface area (Å²) in [7, 11) is 0. The van der Waals surface area contributed by atoms with Crippen LogP contribution in [0.3, 0.4) is 0 Å². The second-order valence-electron chi connectivity index (χ2n) is 6.21. The number of aromatic nitrogens is 2. The molecular formula is C20H19N3O3. The Hall–Kier alpha value is -3.28. The fraction of sp³-hybridized carbons (Fsp3) is 0.200. The summed E-state index contributed by atoms with van der Waals surface area (Å²) < 4.78 is 13.4. The zero-order valence-electron chi connectivity index (χ0n) is 14.3. The molecule has 0 unspecified atom stereocenters. The van der Waals surface area contributed by atoms with Gasteiger partial charge in [0, 0.05) is 6.20 Å². The van der Waals surface area contributed by atoms with E-state index in [1.807, 2.05) is 55.5 Å². The summed E-state index contributed by atoms with van der Waals surface area (Å²) in [6.07, 6.45) is 2.32. The number of hydrogen-bond donors (Lipinski definition) is 1. The molecule has 2 heterocycles. The predicted octanol–water partition coefficient (Wildman–Crippen LogP) is 3.10. The molecule has 6 heteroatoms. The van der Waals surface area contributed by atoms with Gasteiger partial charge in [-0.25, -0.2) is 0 Å². The summed E-state index contributed by atoms with van der Waals surface area (Å²) in [4.78, 5) is 12.6. The van der Waals surface area contributed by atoms with Crippen molar-refractivity contribution in [3.05, 3.63) is 72.6 Å². The number of fused-ring (bicyclic) bond motifs is 1. The summed E-state index contributed by atoms with van der Waals surface area (Å²) in [6.45, 7) is 2.46. The molecule has 4 rings (SSSR count).